The van der Waals surface area contributed by atoms with Crippen LogP contribution in [0.3, 0.4) is 0 Å². The summed E-state index contributed by atoms with van der Waals surface area (Å²) in [5.74, 6) is 0.226. The van der Waals surface area contributed by atoms with Gasteiger partial charge in [-0.15, -0.1) is 0 Å². The van der Waals surface area contributed by atoms with Crippen LogP contribution >= 0.6 is 0 Å². The normalized spacial score (nSPS) is 22.9. The molecule has 4 heterocycles. The monoisotopic (exact) mass is 357 g/mol. The van der Waals surface area contributed by atoms with Gasteiger partial charge in [0.2, 0.25) is 5.91 Å². The van der Waals surface area contributed by atoms with Gasteiger partial charge in [-0.25, -0.2) is 4.98 Å². The zero-order chi connectivity index (χ0) is 18.1. The van der Waals surface area contributed by atoms with Crippen LogP contribution in [0.25, 0.3) is 0 Å². The van der Waals surface area contributed by atoms with Gasteiger partial charge in [0.05, 0.1) is 29.9 Å². The topological polar surface area (TPSA) is 62.4 Å². The molecule has 4 rings (SSSR count). The highest BCUT2D eigenvalue weighted by Crippen LogP contribution is 2.24. The molecule has 0 saturated carbocycles. The molecule has 1 unspecified atom stereocenters. The second kappa shape index (κ2) is 7.20. The van der Waals surface area contributed by atoms with E-state index in [0.29, 0.717) is 0 Å². The Kier molecular flexibility index (Phi) is 4.78. The Labute approximate surface area is 154 Å². The Morgan fingerprint density at radius 1 is 1.12 bits per heavy atom. The number of rotatable bonds is 4. The van der Waals surface area contributed by atoms with E-state index >= 15 is 0 Å². The molecule has 2 aromatic heterocycles. The van der Waals surface area contributed by atoms with E-state index in [9.17, 15) is 4.79 Å². The number of anilines is 1. The molecule has 26 heavy (non-hydrogen) atoms. The van der Waals surface area contributed by atoms with Crippen molar-refractivity contribution in [2.75, 3.05) is 37.6 Å². The summed E-state index contributed by atoms with van der Waals surface area (Å²) in [4.78, 5) is 23.9. The van der Waals surface area contributed by atoms with Crippen molar-refractivity contribution in [2.24, 2.45) is 14.1 Å². The molecule has 8 nitrogen and oxygen atoms in total. The van der Waals surface area contributed by atoms with E-state index in [-0.39, 0.29) is 11.9 Å². The number of imidazole rings is 1. The zero-order valence-electron chi connectivity index (χ0n) is 15.6. The summed E-state index contributed by atoms with van der Waals surface area (Å²) in [6.45, 7) is 5.57. The summed E-state index contributed by atoms with van der Waals surface area (Å²) in [6, 6.07) is 0.00260. The standard InChI is InChI=1S/C18H27N7O/c1-21-14-19-10-15(21)13-23-6-8-24(9-7-23)17-4-3-5-25(18(17)26)16-11-20-22(2)12-16/h10-12,14,17H,3-9,13H2,1-2H3. The number of nitrogens with zero attached hydrogens (tertiary/aromatic N) is 7. The van der Waals surface area contributed by atoms with E-state index in [2.05, 4.69) is 24.4 Å². The smallest absolute Gasteiger partial charge is 0.244 e. The molecule has 2 saturated heterocycles. The second-order valence-corrected chi connectivity index (χ2v) is 7.33. The molecule has 140 valence electrons. The molecule has 1 amide bonds. The molecule has 8 heteroatoms. The lowest BCUT2D eigenvalue weighted by Crippen LogP contribution is -2.57. The highest BCUT2D eigenvalue weighted by Gasteiger charge is 2.35. The van der Waals surface area contributed by atoms with Crippen molar-refractivity contribution in [3.63, 3.8) is 0 Å². The first kappa shape index (κ1) is 17.2. The van der Waals surface area contributed by atoms with Crippen LogP contribution in [0.4, 0.5) is 5.69 Å². The number of carbonyl (C=O) groups excluding carboxylic acids is 1. The summed E-state index contributed by atoms with van der Waals surface area (Å²) in [5, 5.41) is 4.21. The summed E-state index contributed by atoms with van der Waals surface area (Å²) in [7, 11) is 3.92. The third kappa shape index (κ3) is 3.39. The average Bonchev–Trinajstić information content (AvgIpc) is 3.25. The number of aryl methyl sites for hydroxylation is 2. The molecule has 0 aliphatic carbocycles. The molecule has 0 bridgehead atoms. The summed E-state index contributed by atoms with van der Waals surface area (Å²) in [6.07, 6.45) is 9.48. The van der Waals surface area contributed by atoms with E-state index in [1.54, 1.807) is 10.9 Å². The van der Waals surface area contributed by atoms with Crippen LogP contribution in [0.5, 0.6) is 0 Å². The Morgan fingerprint density at radius 3 is 2.58 bits per heavy atom. The first-order chi connectivity index (χ1) is 12.6. The van der Waals surface area contributed by atoms with E-state index < -0.39 is 0 Å². The quantitative estimate of drug-likeness (QED) is 0.796. The maximum Gasteiger partial charge on any atom is 0.244 e. The lowest BCUT2D eigenvalue weighted by molar-refractivity contribution is -0.126. The zero-order valence-corrected chi connectivity index (χ0v) is 15.6. The van der Waals surface area contributed by atoms with Gasteiger partial charge in [-0.1, -0.05) is 0 Å². The number of piperidine rings is 1. The van der Waals surface area contributed by atoms with Crippen molar-refractivity contribution in [2.45, 2.75) is 25.4 Å². The Balaban J connectivity index is 1.36. The Hall–Kier alpha value is -2.19. The molecule has 0 radical (unpaired) electrons. The van der Waals surface area contributed by atoms with Crippen molar-refractivity contribution in [1.82, 2.24) is 29.1 Å². The van der Waals surface area contributed by atoms with E-state index in [4.69, 9.17) is 0 Å². The number of hydrogen-bond donors (Lipinski definition) is 0. The van der Waals surface area contributed by atoms with Crippen LogP contribution in [-0.2, 0) is 25.4 Å². The van der Waals surface area contributed by atoms with E-state index in [0.717, 1.165) is 57.8 Å². The summed E-state index contributed by atoms with van der Waals surface area (Å²) >= 11 is 0. The van der Waals surface area contributed by atoms with Crippen LogP contribution in [-0.4, -0.2) is 73.8 Å². The molecule has 2 aliphatic heterocycles. The van der Waals surface area contributed by atoms with Crippen molar-refractivity contribution >= 4 is 11.6 Å². The minimum absolute atomic E-state index is 0.00260. The van der Waals surface area contributed by atoms with Gasteiger partial charge in [-0.3, -0.25) is 19.3 Å². The van der Waals surface area contributed by atoms with Gasteiger partial charge >= 0.3 is 0 Å². The van der Waals surface area contributed by atoms with Crippen molar-refractivity contribution in [3.8, 4) is 0 Å². The number of carbonyl (C=O) groups is 1. The lowest BCUT2D eigenvalue weighted by Gasteiger charge is -2.42. The van der Waals surface area contributed by atoms with Crippen molar-refractivity contribution < 1.29 is 4.79 Å². The average molecular weight is 357 g/mol. The van der Waals surface area contributed by atoms with Gasteiger partial charge in [0.1, 0.15) is 0 Å². The van der Waals surface area contributed by atoms with Crippen LogP contribution in [0.1, 0.15) is 18.5 Å². The molecule has 0 aromatic carbocycles. The number of hydrogen-bond acceptors (Lipinski definition) is 5. The van der Waals surface area contributed by atoms with Crippen molar-refractivity contribution in [3.05, 3.63) is 30.6 Å². The molecule has 2 aromatic rings. The third-order valence-electron chi connectivity index (χ3n) is 5.56. The minimum Gasteiger partial charge on any atom is -0.337 e. The summed E-state index contributed by atoms with van der Waals surface area (Å²) < 4.78 is 3.83. The maximum absolute atomic E-state index is 13.0. The van der Waals surface area contributed by atoms with Gasteiger partial charge in [-0.05, 0) is 12.8 Å². The molecule has 2 aliphatic rings. The molecule has 0 N–H and O–H groups in total. The minimum atomic E-state index is 0.00260. The highest BCUT2D eigenvalue weighted by molar-refractivity contribution is 5.97. The molecule has 0 spiro atoms. The second-order valence-electron chi connectivity index (χ2n) is 7.33. The third-order valence-corrected chi connectivity index (χ3v) is 5.56. The molecular formula is C18H27N7O. The predicted molar refractivity (Wildman–Crippen MR) is 98.6 cm³/mol. The fourth-order valence-electron chi connectivity index (χ4n) is 4.00. The fourth-order valence-corrected chi connectivity index (χ4v) is 4.00. The van der Waals surface area contributed by atoms with Gasteiger partial charge < -0.3 is 9.47 Å². The molecule has 2 fully saturated rings. The van der Waals surface area contributed by atoms with Gasteiger partial charge in [0.25, 0.3) is 0 Å². The van der Waals surface area contributed by atoms with Crippen LogP contribution in [0.2, 0.25) is 0 Å². The lowest BCUT2D eigenvalue weighted by atomic mass is 10.0. The first-order valence-electron chi connectivity index (χ1n) is 9.33. The Morgan fingerprint density at radius 2 is 1.92 bits per heavy atom. The maximum atomic E-state index is 13.0. The first-order valence-corrected chi connectivity index (χ1v) is 9.33. The van der Waals surface area contributed by atoms with Gasteiger partial charge in [0, 0.05) is 65.8 Å². The van der Waals surface area contributed by atoms with Crippen molar-refractivity contribution in [1.29, 1.82) is 0 Å². The fraction of sp³-hybridized carbons (Fsp3) is 0.611. The van der Waals surface area contributed by atoms with Crippen LogP contribution in [0, 0.1) is 0 Å². The van der Waals surface area contributed by atoms with E-state index in [1.807, 2.05) is 37.7 Å². The molecule has 1 atom stereocenters. The predicted octanol–water partition coefficient (Wildman–Crippen LogP) is 0.467. The van der Waals surface area contributed by atoms with Gasteiger partial charge in [0.15, 0.2) is 0 Å². The largest absolute Gasteiger partial charge is 0.337 e. The number of amides is 1. The number of aromatic nitrogens is 4. The van der Waals surface area contributed by atoms with Gasteiger partial charge in [-0.2, -0.15) is 5.10 Å². The van der Waals surface area contributed by atoms with Crippen LogP contribution < -0.4 is 4.90 Å². The summed E-state index contributed by atoms with van der Waals surface area (Å²) in [5.41, 5.74) is 2.15. The molecular weight excluding hydrogens is 330 g/mol. The highest BCUT2D eigenvalue weighted by atomic mass is 16.2. The number of piperazine rings is 1. The van der Waals surface area contributed by atoms with E-state index in [1.165, 1.54) is 5.69 Å². The SMILES string of the molecule is Cn1cc(N2CCCC(N3CCN(Cc4cncn4C)CC3)C2=O)cn1. The van der Waals surface area contributed by atoms with Crippen LogP contribution in [0.15, 0.2) is 24.9 Å². The Bertz CT molecular complexity index is 759.